The van der Waals surface area contributed by atoms with Gasteiger partial charge in [-0.3, -0.25) is 0 Å². The van der Waals surface area contributed by atoms with Gasteiger partial charge in [0.1, 0.15) is 0 Å². The van der Waals surface area contributed by atoms with Gasteiger partial charge in [-0.15, -0.1) is 11.3 Å². The lowest BCUT2D eigenvalue weighted by atomic mass is 9.70. The zero-order valence-corrected chi connectivity index (χ0v) is 13.0. The Morgan fingerprint density at radius 1 is 1.44 bits per heavy atom. The molecule has 1 nitrogen and oxygen atoms in total. The standard InChI is InChI=1S/C16H27NS/c1-5-14(15-7-6-8-18-15)17-13-9-12(2)10-16(3,4)11-13/h6-8,12-14,17H,5,9-11H2,1-4H3. The molecule has 1 aliphatic carbocycles. The predicted molar refractivity (Wildman–Crippen MR) is 81.1 cm³/mol. The van der Waals surface area contributed by atoms with E-state index in [1.807, 2.05) is 11.3 Å². The molecule has 1 aromatic heterocycles. The third-order valence-corrected chi connectivity index (χ3v) is 5.10. The Kier molecular flexibility index (Phi) is 4.50. The summed E-state index contributed by atoms with van der Waals surface area (Å²) in [6.45, 7) is 9.53. The highest BCUT2D eigenvalue weighted by molar-refractivity contribution is 7.10. The van der Waals surface area contributed by atoms with Crippen molar-refractivity contribution in [1.29, 1.82) is 0 Å². The molecule has 0 spiro atoms. The average Bonchev–Trinajstić information content (AvgIpc) is 2.76. The number of hydrogen-bond acceptors (Lipinski definition) is 2. The highest BCUT2D eigenvalue weighted by atomic mass is 32.1. The first kappa shape index (κ1) is 14.1. The largest absolute Gasteiger partial charge is 0.306 e. The maximum atomic E-state index is 3.90. The second kappa shape index (κ2) is 5.75. The van der Waals surface area contributed by atoms with Crippen molar-refractivity contribution >= 4 is 11.3 Å². The zero-order chi connectivity index (χ0) is 13.2. The summed E-state index contributed by atoms with van der Waals surface area (Å²) in [6, 6.07) is 5.67. The molecule has 2 rings (SSSR count). The van der Waals surface area contributed by atoms with E-state index in [1.54, 1.807) is 0 Å². The first-order valence-corrected chi connectivity index (χ1v) is 8.17. The maximum absolute atomic E-state index is 3.90. The second-order valence-corrected chi connectivity index (χ2v) is 7.73. The highest BCUT2D eigenvalue weighted by Gasteiger charge is 2.32. The molecule has 1 saturated carbocycles. The molecule has 3 unspecified atom stereocenters. The summed E-state index contributed by atoms with van der Waals surface area (Å²) in [5.74, 6) is 0.854. The Morgan fingerprint density at radius 2 is 2.22 bits per heavy atom. The van der Waals surface area contributed by atoms with Crippen LogP contribution in [0.2, 0.25) is 0 Å². The van der Waals surface area contributed by atoms with Gasteiger partial charge in [0.15, 0.2) is 0 Å². The van der Waals surface area contributed by atoms with Crippen molar-refractivity contribution in [3.05, 3.63) is 22.4 Å². The zero-order valence-electron chi connectivity index (χ0n) is 12.2. The van der Waals surface area contributed by atoms with E-state index in [9.17, 15) is 0 Å². The third kappa shape index (κ3) is 3.58. The van der Waals surface area contributed by atoms with Crippen LogP contribution in [0, 0.1) is 11.3 Å². The average molecular weight is 265 g/mol. The molecular formula is C16H27NS. The lowest BCUT2D eigenvalue weighted by Gasteiger charge is -2.40. The molecule has 0 aromatic carbocycles. The molecule has 0 aliphatic heterocycles. The Morgan fingerprint density at radius 3 is 2.78 bits per heavy atom. The van der Waals surface area contributed by atoms with Crippen LogP contribution in [0.25, 0.3) is 0 Å². The molecule has 0 saturated heterocycles. The molecule has 2 heteroatoms. The summed E-state index contributed by atoms with van der Waals surface area (Å²) < 4.78 is 0. The minimum absolute atomic E-state index is 0.503. The normalized spacial score (nSPS) is 29.1. The van der Waals surface area contributed by atoms with Crippen LogP contribution in [-0.4, -0.2) is 6.04 Å². The Hall–Kier alpha value is -0.340. The van der Waals surface area contributed by atoms with Crippen LogP contribution in [0.5, 0.6) is 0 Å². The van der Waals surface area contributed by atoms with Crippen molar-refractivity contribution in [2.24, 2.45) is 11.3 Å². The van der Waals surface area contributed by atoms with Gasteiger partial charge in [-0.2, -0.15) is 0 Å². The molecule has 1 aliphatic rings. The van der Waals surface area contributed by atoms with Crippen LogP contribution in [0.1, 0.15) is 64.3 Å². The van der Waals surface area contributed by atoms with Crippen molar-refractivity contribution in [2.75, 3.05) is 0 Å². The summed E-state index contributed by atoms with van der Waals surface area (Å²) in [5.41, 5.74) is 0.503. The molecule has 0 amide bonds. The van der Waals surface area contributed by atoms with Crippen molar-refractivity contribution in [3.8, 4) is 0 Å². The smallest absolute Gasteiger partial charge is 0.0414 e. The van der Waals surface area contributed by atoms with Crippen molar-refractivity contribution in [1.82, 2.24) is 5.32 Å². The fourth-order valence-corrected chi connectivity index (χ4v) is 4.52. The van der Waals surface area contributed by atoms with Crippen LogP contribution >= 0.6 is 11.3 Å². The van der Waals surface area contributed by atoms with Gasteiger partial charge >= 0.3 is 0 Å². The Balaban J connectivity index is 1.99. The molecule has 1 fully saturated rings. The monoisotopic (exact) mass is 265 g/mol. The summed E-state index contributed by atoms with van der Waals surface area (Å²) in [5, 5.41) is 6.09. The van der Waals surface area contributed by atoms with Crippen LogP contribution in [0.15, 0.2) is 17.5 Å². The molecular weight excluding hydrogens is 238 g/mol. The second-order valence-electron chi connectivity index (χ2n) is 6.75. The van der Waals surface area contributed by atoms with E-state index in [0.29, 0.717) is 17.5 Å². The van der Waals surface area contributed by atoms with E-state index in [0.717, 1.165) is 5.92 Å². The van der Waals surface area contributed by atoms with Crippen LogP contribution in [0.4, 0.5) is 0 Å². The lowest BCUT2D eigenvalue weighted by Crippen LogP contribution is -2.41. The SMILES string of the molecule is CCC(NC1CC(C)CC(C)(C)C1)c1cccs1. The summed E-state index contributed by atoms with van der Waals surface area (Å²) in [4.78, 5) is 1.49. The summed E-state index contributed by atoms with van der Waals surface area (Å²) in [6.07, 6.45) is 5.22. The van der Waals surface area contributed by atoms with Gasteiger partial charge in [-0.25, -0.2) is 0 Å². The van der Waals surface area contributed by atoms with E-state index in [2.05, 4.69) is 50.5 Å². The fourth-order valence-electron chi connectivity index (χ4n) is 3.65. The van der Waals surface area contributed by atoms with Gasteiger partial charge in [0, 0.05) is 17.0 Å². The molecule has 1 aromatic rings. The van der Waals surface area contributed by atoms with Crippen LogP contribution < -0.4 is 5.32 Å². The van der Waals surface area contributed by atoms with E-state index in [1.165, 1.54) is 30.6 Å². The Bertz CT molecular complexity index is 355. The fraction of sp³-hybridized carbons (Fsp3) is 0.750. The molecule has 1 heterocycles. The Labute approximate surface area is 116 Å². The van der Waals surface area contributed by atoms with Gasteiger partial charge in [-0.05, 0) is 48.5 Å². The molecule has 102 valence electrons. The third-order valence-electron chi connectivity index (χ3n) is 4.12. The summed E-state index contributed by atoms with van der Waals surface area (Å²) in [7, 11) is 0. The van der Waals surface area contributed by atoms with Gasteiger partial charge in [0.2, 0.25) is 0 Å². The first-order chi connectivity index (χ1) is 8.50. The molecule has 18 heavy (non-hydrogen) atoms. The maximum Gasteiger partial charge on any atom is 0.0414 e. The number of nitrogens with one attached hydrogen (secondary N) is 1. The van der Waals surface area contributed by atoms with Crippen LogP contribution in [-0.2, 0) is 0 Å². The first-order valence-electron chi connectivity index (χ1n) is 7.29. The predicted octanol–water partition coefficient (Wildman–Crippen LogP) is 5.00. The number of thiophene rings is 1. The van der Waals surface area contributed by atoms with Gasteiger partial charge < -0.3 is 5.32 Å². The quantitative estimate of drug-likeness (QED) is 0.807. The molecule has 0 bridgehead atoms. The van der Waals surface area contributed by atoms with E-state index in [4.69, 9.17) is 0 Å². The number of rotatable bonds is 4. The van der Waals surface area contributed by atoms with Gasteiger partial charge in [-0.1, -0.05) is 33.8 Å². The van der Waals surface area contributed by atoms with Crippen molar-refractivity contribution < 1.29 is 0 Å². The van der Waals surface area contributed by atoms with E-state index >= 15 is 0 Å². The molecule has 0 radical (unpaired) electrons. The highest BCUT2D eigenvalue weighted by Crippen LogP contribution is 2.39. The summed E-state index contributed by atoms with van der Waals surface area (Å²) >= 11 is 1.88. The van der Waals surface area contributed by atoms with Gasteiger partial charge in [0.05, 0.1) is 0 Å². The van der Waals surface area contributed by atoms with Crippen molar-refractivity contribution in [2.45, 2.75) is 65.5 Å². The topological polar surface area (TPSA) is 12.0 Å². The van der Waals surface area contributed by atoms with Crippen LogP contribution in [0.3, 0.4) is 0 Å². The van der Waals surface area contributed by atoms with E-state index < -0.39 is 0 Å². The van der Waals surface area contributed by atoms with Crippen molar-refractivity contribution in [3.63, 3.8) is 0 Å². The lowest BCUT2D eigenvalue weighted by molar-refractivity contribution is 0.144. The number of hydrogen-bond donors (Lipinski definition) is 1. The molecule has 1 N–H and O–H groups in total. The van der Waals surface area contributed by atoms with E-state index in [-0.39, 0.29) is 0 Å². The minimum atomic E-state index is 0.503. The molecule has 3 atom stereocenters. The van der Waals surface area contributed by atoms with Gasteiger partial charge in [0.25, 0.3) is 0 Å². The minimum Gasteiger partial charge on any atom is -0.306 e.